The van der Waals surface area contributed by atoms with Crippen molar-refractivity contribution in [2.45, 2.75) is 39.3 Å². The summed E-state index contributed by atoms with van der Waals surface area (Å²) in [4.78, 5) is 5.18. The van der Waals surface area contributed by atoms with Crippen LogP contribution in [0.15, 0.2) is 11.7 Å². The van der Waals surface area contributed by atoms with E-state index in [1.54, 1.807) is 11.3 Å². The second-order valence-corrected chi connectivity index (χ2v) is 5.83. The SMILES string of the molecule is CC(C)CCCOCC(O)CNCc1cncs1. The van der Waals surface area contributed by atoms with Gasteiger partial charge in [0.1, 0.15) is 0 Å². The molecular weight excluding hydrogens is 248 g/mol. The predicted octanol–water partition coefficient (Wildman–Crippen LogP) is 2.05. The number of aliphatic hydroxyl groups excluding tert-OH is 1. The molecule has 18 heavy (non-hydrogen) atoms. The summed E-state index contributed by atoms with van der Waals surface area (Å²) in [5.74, 6) is 0.722. The maximum atomic E-state index is 9.69. The summed E-state index contributed by atoms with van der Waals surface area (Å²) in [6.45, 7) is 6.88. The molecule has 2 N–H and O–H groups in total. The minimum absolute atomic E-state index is 0.411. The van der Waals surface area contributed by atoms with Gasteiger partial charge in [0.25, 0.3) is 0 Å². The first kappa shape index (κ1) is 15.6. The van der Waals surface area contributed by atoms with Crippen molar-refractivity contribution in [3.8, 4) is 0 Å². The highest BCUT2D eigenvalue weighted by Crippen LogP contribution is 2.04. The number of nitrogens with one attached hydrogen (secondary N) is 1. The van der Waals surface area contributed by atoms with Gasteiger partial charge in [0, 0.05) is 30.8 Å². The molecule has 0 bridgehead atoms. The molecule has 0 amide bonds. The van der Waals surface area contributed by atoms with E-state index in [9.17, 15) is 5.11 Å². The molecule has 0 aromatic carbocycles. The minimum atomic E-state index is -0.433. The van der Waals surface area contributed by atoms with Gasteiger partial charge in [-0.05, 0) is 18.8 Å². The van der Waals surface area contributed by atoms with Gasteiger partial charge >= 0.3 is 0 Å². The van der Waals surface area contributed by atoms with E-state index in [1.165, 1.54) is 11.3 Å². The first-order valence-corrected chi connectivity index (χ1v) is 7.40. The molecule has 0 aliphatic carbocycles. The lowest BCUT2D eigenvalue weighted by Gasteiger charge is -2.12. The third-order valence-corrected chi connectivity index (χ3v) is 3.32. The summed E-state index contributed by atoms with van der Waals surface area (Å²) in [6.07, 6.45) is 3.65. The Kier molecular flexibility index (Phi) is 8.17. The number of hydrogen-bond acceptors (Lipinski definition) is 5. The normalized spacial score (nSPS) is 13.1. The Bertz CT molecular complexity index is 291. The van der Waals surface area contributed by atoms with Crippen molar-refractivity contribution in [2.24, 2.45) is 5.92 Å². The van der Waals surface area contributed by atoms with E-state index < -0.39 is 6.10 Å². The van der Waals surface area contributed by atoms with E-state index >= 15 is 0 Å². The maximum Gasteiger partial charge on any atom is 0.0897 e. The number of rotatable bonds is 10. The number of ether oxygens (including phenoxy) is 1. The first-order chi connectivity index (χ1) is 8.68. The Morgan fingerprint density at radius 1 is 1.50 bits per heavy atom. The van der Waals surface area contributed by atoms with Crippen molar-refractivity contribution in [1.82, 2.24) is 10.3 Å². The van der Waals surface area contributed by atoms with Gasteiger partial charge in [0.05, 0.1) is 18.2 Å². The van der Waals surface area contributed by atoms with Crippen LogP contribution in [0.4, 0.5) is 0 Å². The molecule has 1 aromatic heterocycles. The maximum absolute atomic E-state index is 9.69. The predicted molar refractivity (Wildman–Crippen MR) is 74.7 cm³/mol. The van der Waals surface area contributed by atoms with E-state index in [-0.39, 0.29) is 0 Å². The van der Waals surface area contributed by atoms with Crippen molar-refractivity contribution in [2.75, 3.05) is 19.8 Å². The second kappa shape index (κ2) is 9.44. The zero-order chi connectivity index (χ0) is 13.2. The van der Waals surface area contributed by atoms with Gasteiger partial charge in [-0.1, -0.05) is 13.8 Å². The molecule has 104 valence electrons. The lowest BCUT2D eigenvalue weighted by molar-refractivity contribution is 0.0347. The third-order valence-electron chi connectivity index (χ3n) is 2.54. The fourth-order valence-electron chi connectivity index (χ4n) is 1.56. The molecule has 0 fully saturated rings. The molecule has 0 aliphatic heterocycles. The molecule has 0 spiro atoms. The van der Waals surface area contributed by atoms with Crippen LogP contribution in [0.25, 0.3) is 0 Å². The van der Waals surface area contributed by atoms with Gasteiger partial charge < -0.3 is 15.2 Å². The van der Waals surface area contributed by atoms with Crippen LogP contribution in [0.3, 0.4) is 0 Å². The highest BCUT2D eigenvalue weighted by atomic mass is 32.1. The van der Waals surface area contributed by atoms with E-state index in [0.717, 1.165) is 25.5 Å². The molecule has 0 saturated heterocycles. The molecule has 1 aromatic rings. The highest BCUT2D eigenvalue weighted by molar-refractivity contribution is 7.09. The average Bonchev–Trinajstić information content (AvgIpc) is 2.81. The molecule has 0 saturated carbocycles. The van der Waals surface area contributed by atoms with Gasteiger partial charge in [-0.2, -0.15) is 0 Å². The number of aromatic nitrogens is 1. The van der Waals surface area contributed by atoms with Crippen LogP contribution in [0, 0.1) is 5.92 Å². The third kappa shape index (κ3) is 7.76. The van der Waals surface area contributed by atoms with Gasteiger partial charge in [0.15, 0.2) is 0 Å². The number of hydrogen-bond donors (Lipinski definition) is 2. The quantitative estimate of drug-likeness (QED) is 0.640. The number of aliphatic hydroxyl groups is 1. The molecule has 1 rings (SSSR count). The Balaban J connectivity index is 1.92. The van der Waals surface area contributed by atoms with Gasteiger partial charge in [-0.25, -0.2) is 0 Å². The average molecular weight is 272 g/mol. The van der Waals surface area contributed by atoms with E-state index in [4.69, 9.17) is 4.74 Å². The lowest BCUT2D eigenvalue weighted by Crippen LogP contribution is -2.30. The summed E-state index contributed by atoms with van der Waals surface area (Å²) in [7, 11) is 0. The molecule has 1 heterocycles. The fraction of sp³-hybridized carbons (Fsp3) is 0.769. The molecule has 1 unspecified atom stereocenters. The minimum Gasteiger partial charge on any atom is -0.389 e. The summed E-state index contributed by atoms with van der Waals surface area (Å²) >= 11 is 1.62. The summed E-state index contributed by atoms with van der Waals surface area (Å²) < 4.78 is 5.43. The van der Waals surface area contributed by atoms with Crippen LogP contribution in [0.2, 0.25) is 0 Å². The molecular formula is C13H24N2O2S. The van der Waals surface area contributed by atoms with Crippen molar-refractivity contribution >= 4 is 11.3 Å². The zero-order valence-electron chi connectivity index (χ0n) is 11.3. The fourth-order valence-corrected chi connectivity index (χ4v) is 2.13. The van der Waals surface area contributed by atoms with E-state index in [0.29, 0.717) is 13.2 Å². The molecule has 5 heteroatoms. The summed E-state index contributed by atoms with van der Waals surface area (Å²) in [5.41, 5.74) is 1.81. The first-order valence-electron chi connectivity index (χ1n) is 6.52. The molecule has 0 aliphatic rings. The van der Waals surface area contributed by atoms with Crippen LogP contribution in [-0.4, -0.2) is 36.0 Å². The smallest absolute Gasteiger partial charge is 0.0897 e. The van der Waals surface area contributed by atoms with Gasteiger partial charge in [-0.3, -0.25) is 4.98 Å². The van der Waals surface area contributed by atoms with Crippen LogP contribution in [0.5, 0.6) is 0 Å². The Labute approximate surface area is 113 Å². The summed E-state index contributed by atoms with van der Waals surface area (Å²) in [6, 6.07) is 0. The van der Waals surface area contributed by atoms with Gasteiger partial charge in [-0.15, -0.1) is 11.3 Å². The molecule has 0 radical (unpaired) electrons. The second-order valence-electron chi connectivity index (χ2n) is 4.86. The van der Waals surface area contributed by atoms with Crippen molar-refractivity contribution in [3.63, 3.8) is 0 Å². The molecule has 1 atom stereocenters. The number of nitrogens with zero attached hydrogens (tertiary/aromatic N) is 1. The summed E-state index contributed by atoms with van der Waals surface area (Å²) in [5, 5.41) is 12.9. The van der Waals surface area contributed by atoms with Crippen molar-refractivity contribution in [3.05, 3.63) is 16.6 Å². The van der Waals surface area contributed by atoms with E-state index in [1.807, 2.05) is 11.7 Å². The Morgan fingerprint density at radius 2 is 2.33 bits per heavy atom. The van der Waals surface area contributed by atoms with E-state index in [2.05, 4.69) is 24.1 Å². The standard InChI is InChI=1S/C13H24N2O2S/c1-11(2)4-3-5-17-9-12(16)6-14-7-13-8-15-10-18-13/h8,10-12,14,16H,3-7,9H2,1-2H3. The Hall–Kier alpha value is -0.490. The topological polar surface area (TPSA) is 54.4 Å². The molecule has 4 nitrogen and oxygen atoms in total. The monoisotopic (exact) mass is 272 g/mol. The largest absolute Gasteiger partial charge is 0.389 e. The van der Waals surface area contributed by atoms with Crippen LogP contribution in [-0.2, 0) is 11.3 Å². The van der Waals surface area contributed by atoms with Crippen LogP contribution in [0.1, 0.15) is 31.6 Å². The highest BCUT2D eigenvalue weighted by Gasteiger charge is 2.04. The lowest BCUT2D eigenvalue weighted by atomic mass is 10.1. The van der Waals surface area contributed by atoms with Crippen molar-refractivity contribution < 1.29 is 9.84 Å². The van der Waals surface area contributed by atoms with Crippen LogP contribution < -0.4 is 5.32 Å². The number of thiazole rings is 1. The Morgan fingerprint density at radius 3 is 3.00 bits per heavy atom. The van der Waals surface area contributed by atoms with Crippen LogP contribution >= 0.6 is 11.3 Å². The van der Waals surface area contributed by atoms with Gasteiger partial charge in [0.2, 0.25) is 0 Å². The zero-order valence-corrected chi connectivity index (χ0v) is 12.1. The van der Waals surface area contributed by atoms with Crippen molar-refractivity contribution in [1.29, 1.82) is 0 Å².